The van der Waals surface area contributed by atoms with Crippen LogP contribution in [0.25, 0.3) is 0 Å². The van der Waals surface area contributed by atoms with E-state index in [1.165, 1.54) is 0 Å². The number of halogens is 1. The van der Waals surface area contributed by atoms with Gasteiger partial charge in [-0.2, -0.15) is 0 Å². The van der Waals surface area contributed by atoms with Crippen LogP contribution in [0.5, 0.6) is 0 Å². The number of hydrogen-bond donors (Lipinski definition) is 1. The zero-order valence-electron chi connectivity index (χ0n) is 5.68. The monoisotopic (exact) mass is 203 g/mol. The maximum Gasteiger partial charge on any atom is 0.0402 e. The summed E-state index contributed by atoms with van der Waals surface area (Å²) in [5.74, 6) is 0. The Labute approximate surface area is 68.9 Å². The normalized spacial score (nSPS) is 22.0. The standard InChI is InChI=1S/C7H10BrNO/c1-5-3-7(8)4-6(2)9(5)10/h7,10H,1-4H2. The van der Waals surface area contributed by atoms with Gasteiger partial charge >= 0.3 is 0 Å². The molecule has 1 aliphatic rings. The Bertz CT molecular complexity index is 160. The summed E-state index contributed by atoms with van der Waals surface area (Å²) in [5, 5.41) is 10.2. The van der Waals surface area contributed by atoms with Crippen LogP contribution in [0.2, 0.25) is 0 Å². The molecule has 0 aromatic rings. The molecular weight excluding hydrogens is 194 g/mol. The van der Waals surface area contributed by atoms with Crippen molar-refractivity contribution in [2.75, 3.05) is 0 Å². The molecule has 0 aliphatic carbocycles. The number of nitrogens with zero attached hydrogens (tertiary/aromatic N) is 1. The van der Waals surface area contributed by atoms with Crippen molar-refractivity contribution in [2.45, 2.75) is 17.7 Å². The zero-order chi connectivity index (χ0) is 7.72. The number of hydroxylamine groups is 2. The molecule has 0 saturated carbocycles. The van der Waals surface area contributed by atoms with Gasteiger partial charge in [-0.3, -0.25) is 5.21 Å². The third-order valence-corrected chi connectivity index (χ3v) is 2.16. The Morgan fingerprint density at radius 3 is 2.20 bits per heavy atom. The lowest BCUT2D eigenvalue weighted by atomic mass is 10.1. The van der Waals surface area contributed by atoms with Crippen molar-refractivity contribution in [1.82, 2.24) is 5.06 Å². The molecule has 0 aromatic carbocycles. The molecule has 0 aromatic heterocycles. The predicted molar refractivity (Wildman–Crippen MR) is 43.9 cm³/mol. The Morgan fingerprint density at radius 1 is 1.40 bits per heavy atom. The highest BCUT2D eigenvalue weighted by atomic mass is 79.9. The fourth-order valence-electron chi connectivity index (χ4n) is 0.980. The maximum atomic E-state index is 9.18. The Balaban J connectivity index is 2.66. The van der Waals surface area contributed by atoms with Crippen LogP contribution in [-0.4, -0.2) is 15.1 Å². The lowest BCUT2D eigenvalue weighted by Gasteiger charge is -2.29. The van der Waals surface area contributed by atoms with E-state index in [-0.39, 0.29) is 0 Å². The molecular formula is C7H10BrNO. The van der Waals surface area contributed by atoms with Gasteiger partial charge in [0.2, 0.25) is 0 Å². The Hall–Kier alpha value is -0.280. The van der Waals surface area contributed by atoms with Crippen LogP contribution in [0.3, 0.4) is 0 Å². The first kappa shape index (κ1) is 7.82. The van der Waals surface area contributed by atoms with E-state index in [1.54, 1.807) is 0 Å². The van der Waals surface area contributed by atoms with Crippen molar-refractivity contribution in [1.29, 1.82) is 0 Å². The topological polar surface area (TPSA) is 23.5 Å². The van der Waals surface area contributed by atoms with E-state index in [2.05, 4.69) is 29.1 Å². The predicted octanol–water partition coefficient (Wildman–Crippen LogP) is 2.26. The van der Waals surface area contributed by atoms with Gasteiger partial charge in [0.25, 0.3) is 0 Å². The largest absolute Gasteiger partial charge is 0.284 e. The van der Waals surface area contributed by atoms with E-state index in [0.29, 0.717) is 16.2 Å². The van der Waals surface area contributed by atoms with Crippen LogP contribution in [0, 0.1) is 0 Å². The molecule has 1 saturated heterocycles. The summed E-state index contributed by atoms with van der Waals surface area (Å²) < 4.78 is 0. The Morgan fingerprint density at radius 2 is 1.80 bits per heavy atom. The molecule has 0 bridgehead atoms. The molecule has 0 atom stereocenters. The summed E-state index contributed by atoms with van der Waals surface area (Å²) in [6.07, 6.45) is 1.57. The van der Waals surface area contributed by atoms with E-state index in [9.17, 15) is 5.21 Å². The summed E-state index contributed by atoms with van der Waals surface area (Å²) in [6.45, 7) is 7.36. The second-order valence-corrected chi connectivity index (χ2v) is 3.74. The maximum absolute atomic E-state index is 9.18. The molecule has 10 heavy (non-hydrogen) atoms. The molecule has 0 unspecified atom stereocenters. The van der Waals surface area contributed by atoms with E-state index in [0.717, 1.165) is 17.9 Å². The van der Waals surface area contributed by atoms with Crippen LogP contribution >= 0.6 is 15.9 Å². The summed E-state index contributed by atoms with van der Waals surface area (Å²) >= 11 is 3.44. The minimum absolute atomic E-state index is 0.385. The third-order valence-electron chi connectivity index (χ3n) is 1.51. The lowest BCUT2D eigenvalue weighted by Crippen LogP contribution is -2.25. The van der Waals surface area contributed by atoms with Crippen molar-refractivity contribution in [3.63, 3.8) is 0 Å². The zero-order valence-corrected chi connectivity index (χ0v) is 7.26. The van der Waals surface area contributed by atoms with Crippen LogP contribution < -0.4 is 0 Å². The van der Waals surface area contributed by atoms with Gasteiger partial charge in [-0.1, -0.05) is 29.1 Å². The van der Waals surface area contributed by atoms with Gasteiger partial charge in [0, 0.05) is 29.1 Å². The third kappa shape index (κ3) is 1.41. The highest BCUT2D eigenvalue weighted by molar-refractivity contribution is 9.09. The fourth-order valence-corrected chi connectivity index (χ4v) is 1.73. The molecule has 1 fully saturated rings. The van der Waals surface area contributed by atoms with Gasteiger partial charge < -0.3 is 0 Å². The number of allylic oxidation sites excluding steroid dienone is 2. The summed E-state index contributed by atoms with van der Waals surface area (Å²) in [5.41, 5.74) is 1.41. The fraction of sp³-hybridized carbons (Fsp3) is 0.429. The first-order valence-corrected chi connectivity index (χ1v) is 4.01. The van der Waals surface area contributed by atoms with Gasteiger partial charge in [0.1, 0.15) is 0 Å². The van der Waals surface area contributed by atoms with Crippen molar-refractivity contribution >= 4 is 15.9 Å². The molecule has 0 spiro atoms. The molecule has 56 valence electrons. The summed E-state index contributed by atoms with van der Waals surface area (Å²) in [6, 6.07) is 0. The van der Waals surface area contributed by atoms with E-state index >= 15 is 0 Å². The van der Waals surface area contributed by atoms with Crippen molar-refractivity contribution in [3.8, 4) is 0 Å². The highest BCUT2D eigenvalue weighted by Crippen LogP contribution is 2.29. The van der Waals surface area contributed by atoms with Gasteiger partial charge in [-0.25, -0.2) is 5.06 Å². The quantitative estimate of drug-likeness (QED) is 0.611. The van der Waals surface area contributed by atoms with Gasteiger partial charge in [0.05, 0.1) is 0 Å². The minimum atomic E-state index is 0.385. The number of rotatable bonds is 0. The second kappa shape index (κ2) is 2.76. The van der Waals surface area contributed by atoms with E-state index in [4.69, 9.17) is 0 Å². The van der Waals surface area contributed by atoms with Crippen LogP contribution in [0.15, 0.2) is 24.6 Å². The molecule has 1 aliphatic heterocycles. The lowest BCUT2D eigenvalue weighted by molar-refractivity contribution is -0.0318. The Kier molecular flexibility index (Phi) is 2.16. The first-order valence-electron chi connectivity index (χ1n) is 3.10. The van der Waals surface area contributed by atoms with E-state index in [1.807, 2.05) is 0 Å². The average Bonchev–Trinajstić information content (AvgIpc) is 1.82. The van der Waals surface area contributed by atoms with Gasteiger partial charge in [-0.15, -0.1) is 0 Å². The van der Waals surface area contributed by atoms with Crippen molar-refractivity contribution < 1.29 is 5.21 Å². The van der Waals surface area contributed by atoms with Crippen LogP contribution in [-0.2, 0) is 0 Å². The van der Waals surface area contributed by atoms with Crippen LogP contribution in [0.1, 0.15) is 12.8 Å². The van der Waals surface area contributed by atoms with Crippen molar-refractivity contribution in [2.24, 2.45) is 0 Å². The second-order valence-electron chi connectivity index (χ2n) is 2.45. The molecule has 1 N–H and O–H groups in total. The molecule has 0 radical (unpaired) electrons. The molecule has 1 heterocycles. The van der Waals surface area contributed by atoms with Gasteiger partial charge in [0.15, 0.2) is 0 Å². The number of alkyl halides is 1. The average molecular weight is 204 g/mol. The molecule has 0 amide bonds. The smallest absolute Gasteiger partial charge is 0.0402 e. The van der Waals surface area contributed by atoms with Gasteiger partial charge in [-0.05, 0) is 0 Å². The SMILES string of the molecule is C=C1CC(Br)CC(=C)N1O. The van der Waals surface area contributed by atoms with Crippen LogP contribution in [0.4, 0.5) is 0 Å². The summed E-state index contributed by atoms with van der Waals surface area (Å²) in [7, 11) is 0. The van der Waals surface area contributed by atoms with E-state index < -0.39 is 0 Å². The molecule has 3 heteroatoms. The molecule has 2 nitrogen and oxygen atoms in total. The summed E-state index contributed by atoms with van der Waals surface area (Å²) in [4.78, 5) is 0.385. The molecule has 1 rings (SSSR count). The van der Waals surface area contributed by atoms with Crippen molar-refractivity contribution in [3.05, 3.63) is 24.6 Å². The minimum Gasteiger partial charge on any atom is -0.284 e. The highest BCUT2D eigenvalue weighted by Gasteiger charge is 2.21. The first-order chi connectivity index (χ1) is 4.61. The number of piperidine rings is 1. The number of hydrogen-bond acceptors (Lipinski definition) is 2.